The van der Waals surface area contributed by atoms with Gasteiger partial charge in [0.2, 0.25) is 0 Å². The van der Waals surface area contributed by atoms with Crippen LogP contribution in [0.3, 0.4) is 0 Å². The summed E-state index contributed by atoms with van der Waals surface area (Å²) in [5.41, 5.74) is 1.00. The van der Waals surface area contributed by atoms with Gasteiger partial charge in [-0.1, -0.05) is 30.3 Å². The first-order valence-corrected chi connectivity index (χ1v) is 6.39. The summed E-state index contributed by atoms with van der Waals surface area (Å²) in [4.78, 5) is 11.2. The quantitative estimate of drug-likeness (QED) is 0.820. The lowest BCUT2D eigenvalue weighted by Crippen LogP contribution is -2.49. The number of hydrogen-bond donors (Lipinski definition) is 1. The number of esters is 1. The molecule has 2 fully saturated rings. The van der Waals surface area contributed by atoms with Crippen LogP contribution in [-0.2, 0) is 25.6 Å². The van der Waals surface area contributed by atoms with Crippen molar-refractivity contribution in [3.05, 3.63) is 35.9 Å². The molecule has 0 radical (unpaired) electrons. The van der Waals surface area contributed by atoms with Crippen molar-refractivity contribution in [1.82, 2.24) is 0 Å². The highest BCUT2D eigenvalue weighted by Gasteiger charge is 2.47. The number of carbonyl (C=O) groups is 1. The molecule has 1 aromatic carbocycles. The summed E-state index contributed by atoms with van der Waals surface area (Å²) in [7, 11) is 0. The number of hydrogen-bond acceptors (Lipinski definition) is 5. The van der Waals surface area contributed by atoms with E-state index < -0.39 is 18.5 Å². The first-order valence-electron chi connectivity index (χ1n) is 6.39. The van der Waals surface area contributed by atoms with E-state index in [-0.39, 0.29) is 11.9 Å². The van der Waals surface area contributed by atoms with Crippen molar-refractivity contribution in [3.8, 4) is 0 Å². The summed E-state index contributed by atoms with van der Waals surface area (Å²) in [5.74, 6) is -0.333. The van der Waals surface area contributed by atoms with E-state index >= 15 is 0 Å². The number of aliphatic hydroxyl groups is 1. The van der Waals surface area contributed by atoms with Gasteiger partial charge in [-0.2, -0.15) is 0 Å². The Hall–Kier alpha value is -1.43. The molecule has 4 atom stereocenters. The van der Waals surface area contributed by atoms with E-state index in [1.54, 1.807) is 0 Å². The van der Waals surface area contributed by atoms with Gasteiger partial charge in [0.25, 0.3) is 0 Å². The van der Waals surface area contributed by atoms with Crippen molar-refractivity contribution in [3.63, 3.8) is 0 Å². The molecule has 0 aromatic heterocycles. The third kappa shape index (κ3) is 2.63. The van der Waals surface area contributed by atoms with E-state index in [0.717, 1.165) is 5.56 Å². The molecule has 2 aliphatic rings. The number of aliphatic hydroxyl groups excluding tert-OH is 1. The maximum atomic E-state index is 11.2. The van der Waals surface area contributed by atoms with Crippen molar-refractivity contribution in [2.24, 2.45) is 5.92 Å². The lowest BCUT2D eigenvalue weighted by atomic mass is 9.95. The SMILES string of the molecule is O=C1C[C@@H]2CO[C@H](OCc3ccccc3)[C@@H](O)[C@@H]2O1. The lowest BCUT2D eigenvalue weighted by molar-refractivity contribution is -0.256. The van der Waals surface area contributed by atoms with Crippen LogP contribution in [0.2, 0.25) is 0 Å². The molecule has 2 aliphatic heterocycles. The zero-order chi connectivity index (χ0) is 13.2. The van der Waals surface area contributed by atoms with Crippen molar-refractivity contribution in [1.29, 1.82) is 0 Å². The molecular weight excluding hydrogens is 248 g/mol. The third-order valence-corrected chi connectivity index (χ3v) is 3.51. The van der Waals surface area contributed by atoms with Gasteiger partial charge in [0, 0.05) is 5.92 Å². The van der Waals surface area contributed by atoms with E-state index in [4.69, 9.17) is 14.2 Å². The molecule has 3 rings (SSSR count). The Balaban J connectivity index is 1.59. The molecule has 0 amide bonds. The third-order valence-electron chi connectivity index (χ3n) is 3.51. The molecular formula is C14H16O5. The fraction of sp³-hybridized carbons (Fsp3) is 0.500. The van der Waals surface area contributed by atoms with Crippen LogP contribution < -0.4 is 0 Å². The highest BCUT2D eigenvalue weighted by molar-refractivity contribution is 5.72. The van der Waals surface area contributed by atoms with Gasteiger partial charge >= 0.3 is 5.97 Å². The Labute approximate surface area is 111 Å². The van der Waals surface area contributed by atoms with Crippen LogP contribution in [0.5, 0.6) is 0 Å². The lowest BCUT2D eigenvalue weighted by Gasteiger charge is -2.34. The highest BCUT2D eigenvalue weighted by Crippen LogP contribution is 2.32. The molecule has 0 spiro atoms. The Morgan fingerprint density at radius 3 is 2.89 bits per heavy atom. The van der Waals surface area contributed by atoms with Crippen molar-refractivity contribution < 1.29 is 24.1 Å². The van der Waals surface area contributed by atoms with Crippen LogP contribution in [0.25, 0.3) is 0 Å². The molecule has 0 unspecified atom stereocenters. The maximum absolute atomic E-state index is 11.2. The van der Waals surface area contributed by atoms with Crippen LogP contribution in [0.4, 0.5) is 0 Å². The number of carbonyl (C=O) groups excluding carboxylic acids is 1. The van der Waals surface area contributed by atoms with E-state index in [9.17, 15) is 9.90 Å². The first kappa shape index (κ1) is 12.6. The van der Waals surface area contributed by atoms with Crippen molar-refractivity contribution in [2.45, 2.75) is 31.5 Å². The number of fused-ring (bicyclic) bond motifs is 1. The highest BCUT2D eigenvalue weighted by atomic mass is 16.7. The molecule has 0 bridgehead atoms. The molecule has 5 nitrogen and oxygen atoms in total. The van der Waals surface area contributed by atoms with Crippen molar-refractivity contribution >= 4 is 5.97 Å². The molecule has 0 saturated carbocycles. The van der Waals surface area contributed by atoms with Gasteiger partial charge in [-0.15, -0.1) is 0 Å². The summed E-state index contributed by atoms with van der Waals surface area (Å²) in [6.45, 7) is 0.737. The summed E-state index contributed by atoms with van der Waals surface area (Å²) >= 11 is 0. The first-order chi connectivity index (χ1) is 9.24. The molecule has 1 N–H and O–H groups in total. The molecule has 0 aliphatic carbocycles. The van der Waals surface area contributed by atoms with Gasteiger partial charge in [-0.05, 0) is 5.56 Å². The largest absolute Gasteiger partial charge is 0.459 e. The molecule has 2 heterocycles. The summed E-state index contributed by atoms with van der Waals surface area (Å²) in [6, 6.07) is 9.65. The van der Waals surface area contributed by atoms with Gasteiger partial charge in [-0.3, -0.25) is 4.79 Å². The van der Waals surface area contributed by atoms with E-state index in [1.807, 2.05) is 30.3 Å². The Morgan fingerprint density at radius 2 is 2.11 bits per heavy atom. The minimum Gasteiger partial charge on any atom is -0.459 e. The summed E-state index contributed by atoms with van der Waals surface area (Å²) in [6.07, 6.45) is -1.85. The molecule has 102 valence electrons. The van der Waals surface area contributed by atoms with Crippen molar-refractivity contribution in [2.75, 3.05) is 6.61 Å². The minimum atomic E-state index is -0.922. The molecule has 2 saturated heterocycles. The number of ether oxygens (including phenoxy) is 3. The molecule has 1 aromatic rings. The van der Waals surface area contributed by atoms with Gasteiger partial charge in [0.15, 0.2) is 6.29 Å². The van der Waals surface area contributed by atoms with E-state index in [1.165, 1.54) is 0 Å². The van der Waals surface area contributed by atoms with E-state index in [2.05, 4.69) is 0 Å². The standard InChI is InChI=1S/C14H16O5/c15-11-6-10-8-18-14(12(16)13(10)19-11)17-7-9-4-2-1-3-5-9/h1-5,10,12-14,16H,6-8H2/t10-,12+,13-,14+/m1/s1. The second kappa shape index (κ2) is 5.28. The monoisotopic (exact) mass is 264 g/mol. The summed E-state index contributed by atoms with van der Waals surface area (Å²) in [5, 5.41) is 10.1. The second-order valence-electron chi connectivity index (χ2n) is 4.91. The van der Waals surface area contributed by atoms with Gasteiger partial charge in [0.05, 0.1) is 19.6 Å². The summed E-state index contributed by atoms with van der Waals surface area (Å²) < 4.78 is 16.1. The number of benzene rings is 1. The maximum Gasteiger partial charge on any atom is 0.306 e. The van der Waals surface area contributed by atoms with Gasteiger partial charge in [0.1, 0.15) is 12.2 Å². The smallest absolute Gasteiger partial charge is 0.306 e. The van der Waals surface area contributed by atoms with Crippen LogP contribution in [0.1, 0.15) is 12.0 Å². The topological polar surface area (TPSA) is 65.0 Å². The van der Waals surface area contributed by atoms with Crippen LogP contribution in [0, 0.1) is 5.92 Å². The Bertz CT molecular complexity index is 446. The molecule has 19 heavy (non-hydrogen) atoms. The minimum absolute atomic E-state index is 0.0564. The number of rotatable bonds is 3. The Morgan fingerprint density at radius 1 is 1.32 bits per heavy atom. The zero-order valence-corrected chi connectivity index (χ0v) is 10.4. The predicted octanol–water partition coefficient (Wildman–Crippen LogP) is 0.852. The molecule has 5 heteroatoms. The normalized spacial score (nSPS) is 33.8. The predicted molar refractivity (Wildman–Crippen MR) is 65.0 cm³/mol. The fourth-order valence-electron chi connectivity index (χ4n) is 2.50. The van der Waals surface area contributed by atoms with E-state index in [0.29, 0.717) is 19.6 Å². The van der Waals surface area contributed by atoms with Gasteiger partial charge in [-0.25, -0.2) is 0 Å². The fourth-order valence-corrected chi connectivity index (χ4v) is 2.50. The van der Waals surface area contributed by atoms with Crippen LogP contribution in [0.15, 0.2) is 30.3 Å². The average molecular weight is 264 g/mol. The van der Waals surface area contributed by atoms with Crippen LogP contribution >= 0.6 is 0 Å². The Kier molecular flexibility index (Phi) is 3.50. The zero-order valence-electron chi connectivity index (χ0n) is 10.4. The van der Waals surface area contributed by atoms with Gasteiger partial charge < -0.3 is 19.3 Å². The average Bonchev–Trinajstić information content (AvgIpc) is 2.81. The second-order valence-corrected chi connectivity index (χ2v) is 4.91. The van der Waals surface area contributed by atoms with Crippen LogP contribution in [-0.4, -0.2) is 36.2 Å².